The molecular weight excluding hydrogens is 392 g/mol. The van der Waals surface area contributed by atoms with E-state index in [4.69, 9.17) is 9.15 Å². The second-order valence-electron chi connectivity index (χ2n) is 8.13. The molecule has 0 bridgehead atoms. The molecule has 0 amide bonds. The van der Waals surface area contributed by atoms with Gasteiger partial charge in [-0.25, -0.2) is 4.79 Å². The number of para-hydroxylation sites is 1. The number of piperidine rings is 1. The van der Waals surface area contributed by atoms with Gasteiger partial charge in [0.15, 0.2) is 11.3 Å². The maximum atomic E-state index is 12.9. The van der Waals surface area contributed by atoms with Crippen LogP contribution in [0, 0.1) is 6.92 Å². The standard InChI is InChI=1S/C25H28N2O4/c1-16-13-19(17(2)26-21-10-6-5-9-18(21)25(29)30-3)24-20(14-16)22(28)15-23(31-24)27-11-7-4-8-12-27/h5-6,9-10,13-15,17,26H,4,7-8,11-12H2,1-3H3/t17-/m1/s1. The normalized spacial score (nSPS) is 15.0. The van der Waals surface area contributed by atoms with Crippen molar-refractivity contribution in [3.8, 4) is 0 Å². The van der Waals surface area contributed by atoms with Crippen molar-refractivity contribution in [3.05, 3.63) is 69.4 Å². The summed E-state index contributed by atoms with van der Waals surface area (Å²) in [6, 6.07) is 12.6. The zero-order valence-corrected chi connectivity index (χ0v) is 18.2. The molecular formula is C25H28N2O4. The predicted molar refractivity (Wildman–Crippen MR) is 123 cm³/mol. The Morgan fingerprint density at radius 3 is 2.61 bits per heavy atom. The van der Waals surface area contributed by atoms with Crippen molar-refractivity contribution in [2.45, 2.75) is 39.2 Å². The summed E-state index contributed by atoms with van der Waals surface area (Å²) in [5, 5.41) is 3.98. The number of ether oxygens (including phenoxy) is 1. The number of benzene rings is 2. The molecule has 3 aromatic rings. The topological polar surface area (TPSA) is 71.8 Å². The molecule has 31 heavy (non-hydrogen) atoms. The zero-order valence-electron chi connectivity index (χ0n) is 18.2. The molecule has 4 rings (SSSR count). The largest absolute Gasteiger partial charge is 0.465 e. The number of fused-ring (bicyclic) bond motifs is 1. The maximum Gasteiger partial charge on any atom is 0.339 e. The summed E-state index contributed by atoms with van der Waals surface area (Å²) < 4.78 is 11.2. The van der Waals surface area contributed by atoms with Crippen LogP contribution >= 0.6 is 0 Å². The summed E-state index contributed by atoms with van der Waals surface area (Å²) >= 11 is 0. The number of aryl methyl sites for hydroxylation is 1. The fraction of sp³-hybridized carbons (Fsp3) is 0.360. The van der Waals surface area contributed by atoms with Crippen LogP contribution in [-0.2, 0) is 4.74 Å². The third-order valence-electron chi connectivity index (χ3n) is 5.83. The number of nitrogens with zero attached hydrogens (tertiary/aromatic N) is 1. The Bertz CT molecular complexity index is 1160. The Labute approximate surface area is 181 Å². The van der Waals surface area contributed by atoms with Gasteiger partial charge in [0, 0.05) is 30.4 Å². The molecule has 0 unspecified atom stereocenters. The molecule has 6 nitrogen and oxygen atoms in total. The molecule has 0 radical (unpaired) electrons. The molecule has 2 heterocycles. The van der Waals surface area contributed by atoms with E-state index >= 15 is 0 Å². The Morgan fingerprint density at radius 2 is 1.87 bits per heavy atom. The summed E-state index contributed by atoms with van der Waals surface area (Å²) in [5.41, 5.74) is 3.56. The van der Waals surface area contributed by atoms with E-state index in [1.165, 1.54) is 13.5 Å². The molecule has 1 saturated heterocycles. The second kappa shape index (κ2) is 8.84. The maximum absolute atomic E-state index is 12.9. The van der Waals surface area contributed by atoms with Gasteiger partial charge in [0.25, 0.3) is 0 Å². The first kappa shape index (κ1) is 21.0. The number of carbonyl (C=O) groups is 1. The Kier molecular flexibility index (Phi) is 5.98. The Balaban J connectivity index is 1.77. The molecule has 0 saturated carbocycles. The van der Waals surface area contributed by atoms with Gasteiger partial charge in [0.05, 0.1) is 24.1 Å². The van der Waals surface area contributed by atoms with Gasteiger partial charge in [-0.1, -0.05) is 18.2 Å². The van der Waals surface area contributed by atoms with Crippen molar-refractivity contribution in [3.63, 3.8) is 0 Å². The van der Waals surface area contributed by atoms with Crippen molar-refractivity contribution >= 4 is 28.5 Å². The number of carbonyl (C=O) groups excluding carboxylic acids is 1. The molecule has 1 aliphatic rings. The van der Waals surface area contributed by atoms with Gasteiger partial charge in [-0.15, -0.1) is 0 Å². The lowest BCUT2D eigenvalue weighted by molar-refractivity contribution is 0.0602. The van der Waals surface area contributed by atoms with Crippen molar-refractivity contribution in [2.24, 2.45) is 0 Å². The molecule has 1 N–H and O–H groups in total. The van der Waals surface area contributed by atoms with E-state index in [9.17, 15) is 9.59 Å². The number of rotatable bonds is 5. The lowest BCUT2D eigenvalue weighted by Crippen LogP contribution is -2.30. The first-order valence-corrected chi connectivity index (χ1v) is 10.7. The molecule has 0 aliphatic carbocycles. The highest BCUT2D eigenvalue weighted by Crippen LogP contribution is 2.31. The van der Waals surface area contributed by atoms with Gasteiger partial charge in [-0.05, 0) is 56.9 Å². The Hall–Kier alpha value is -3.28. The van der Waals surface area contributed by atoms with Gasteiger partial charge in [-0.3, -0.25) is 4.79 Å². The first-order chi connectivity index (χ1) is 15.0. The minimum Gasteiger partial charge on any atom is -0.465 e. The number of hydrogen-bond donors (Lipinski definition) is 1. The first-order valence-electron chi connectivity index (χ1n) is 10.7. The van der Waals surface area contributed by atoms with Crippen LogP contribution in [-0.4, -0.2) is 26.2 Å². The van der Waals surface area contributed by atoms with Crippen molar-refractivity contribution in [1.82, 2.24) is 0 Å². The average Bonchev–Trinajstić information content (AvgIpc) is 2.79. The van der Waals surface area contributed by atoms with E-state index in [-0.39, 0.29) is 11.5 Å². The molecule has 2 aromatic carbocycles. The van der Waals surface area contributed by atoms with Crippen LogP contribution in [0.3, 0.4) is 0 Å². The quantitative estimate of drug-likeness (QED) is 0.582. The zero-order chi connectivity index (χ0) is 22.0. The van der Waals surface area contributed by atoms with Crippen LogP contribution in [0.1, 0.15) is 53.7 Å². The minimum atomic E-state index is -0.400. The predicted octanol–water partition coefficient (Wildman–Crippen LogP) is 5.05. The van der Waals surface area contributed by atoms with Gasteiger partial charge >= 0.3 is 5.97 Å². The molecule has 1 atom stereocenters. The summed E-state index contributed by atoms with van der Waals surface area (Å²) in [6.45, 7) is 5.76. The van der Waals surface area contributed by atoms with Crippen LogP contribution in [0.4, 0.5) is 11.6 Å². The van der Waals surface area contributed by atoms with Crippen LogP contribution in [0.15, 0.2) is 51.7 Å². The third-order valence-corrected chi connectivity index (χ3v) is 5.83. The highest BCUT2D eigenvalue weighted by molar-refractivity contribution is 5.95. The summed E-state index contributed by atoms with van der Waals surface area (Å²) in [7, 11) is 1.37. The summed E-state index contributed by atoms with van der Waals surface area (Å²) in [6.07, 6.45) is 3.41. The fourth-order valence-electron chi connectivity index (χ4n) is 4.22. The highest BCUT2D eigenvalue weighted by Gasteiger charge is 2.20. The van der Waals surface area contributed by atoms with E-state index in [1.807, 2.05) is 38.1 Å². The second-order valence-corrected chi connectivity index (χ2v) is 8.13. The minimum absolute atomic E-state index is 0.0334. The van der Waals surface area contributed by atoms with Crippen LogP contribution < -0.4 is 15.6 Å². The molecule has 1 aliphatic heterocycles. The van der Waals surface area contributed by atoms with Crippen LogP contribution in [0.25, 0.3) is 11.0 Å². The van der Waals surface area contributed by atoms with Crippen molar-refractivity contribution in [1.29, 1.82) is 0 Å². The van der Waals surface area contributed by atoms with Crippen molar-refractivity contribution < 1.29 is 13.9 Å². The van der Waals surface area contributed by atoms with Gasteiger partial charge in [0.1, 0.15) is 5.58 Å². The number of methoxy groups -OCH3 is 1. The SMILES string of the molecule is COC(=O)c1ccccc1N[C@H](C)c1cc(C)cc2c(=O)cc(N3CCCCC3)oc12. The average molecular weight is 421 g/mol. The number of hydrogen-bond acceptors (Lipinski definition) is 6. The summed E-state index contributed by atoms with van der Waals surface area (Å²) in [4.78, 5) is 27.2. The third kappa shape index (κ3) is 4.29. The van der Waals surface area contributed by atoms with Crippen LogP contribution in [0.2, 0.25) is 0 Å². The van der Waals surface area contributed by atoms with E-state index < -0.39 is 5.97 Å². The van der Waals surface area contributed by atoms with Gasteiger partial charge < -0.3 is 19.4 Å². The monoisotopic (exact) mass is 420 g/mol. The molecule has 1 fully saturated rings. The number of esters is 1. The Morgan fingerprint density at radius 1 is 1.13 bits per heavy atom. The van der Waals surface area contributed by atoms with E-state index in [0.29, 0.717) is 28.1 Å². The van der Waals surface area contributed by atoms with E-state index in [1.54, 1.807) is 18.2 Å². The summed E-state index contributed by atoms with van der Waals surface area (Å²) in [5.74, 6) is 0.229. The molecule has 162 valence electrons. The van der Waals surface area contributed by atoms with E-state index in [2.05, 4.69) is 10.2 Å². The molecule has 6 heteroatoms. The van der Waals surface area contributed by atoms with E-state index in [0.717, 1.165) is 37.1 Å². The lowest BCUT2D eigenvalue weighted by atomic mass is 10.0. The van der Waals surface area contributed by atoms with Gasteiger partial charge in [0.2, 0.25) is 0 Å². The fourth-order valence-corrected chi connectivity index (χ4v) is 4.22. The number of nitrogens with one attached hydrogen (secondary N) is 1. The molecule has 0 spiro atoms. The van der Waals surface area contributed by atoms with Crippen LogP contribution in [0.5, 0.6) is 0 Å². The number of anilines is 2. The smallest absolute Gasteiger partial charge is 0.339 e. The van der Waals surface area contributed by atoms with Gasteiger partial charge in [-0.2, -0.15) is 0 Å². The lowest BCUT2D eigenvalue weighted by Gasteiger charge is -2.27. The molecule has 1 aromatic heterocycles. The van der Waals surface area contributed by atoms with Crippen molar-refractivity contribution in [2.75, 3.05) is 30.4 Å². The highest BCUT2D eigenvalue weighted by atomic mass is 16.5.